The number of hydrogen-bond acceptors (Lipinski definition) is 2. The van der Waals surface area contributed by atoms with Gasteiger partial charge in [-0.05, 0) is 37.5 Å². The number of hydrogen-bond donors (Lipinski definition) is 1. The van der Waals surface area contributed by atoms with E-state index < -0.39 is 0 Å². The van der Waals surface area contributed by atoms with Crippen LogP contribution in [-0.2, 0) is 0 Å². The van der Waals surface area contributed by atoms with Gasteiger partial charge in [-0.2, -0.15) is 0 Å². The van der Waals surface area contributed by atoms with Crippen LogP contribution in [0.5, 0.6) is 0 Å². The van der Waals surface area contributed by atoms with E-state index in [1.807, 2.05) is 44.1 Å². The third-order valence-electron chi connectivity index (χ3n) is 3.09. The van der Waals surface area contributed by atoms with Gasteiger partial charge in [0.1, 0.15) is 0 Å². The van der Waals surface area contributed by atoms with Gasteiger partial charge in [-0.3, -0.25) is 4.79 Å². The van der Waals surface area contributed by atoms with Gasteiger partial charge in [0, 0.05) is 25.8 Å². The third-order valence-corrected chi connectivity index (χ3v) is 3.09. The largest absolute Gasteiger partial charge is 0.387 e. The Morgan fingerprint density at radius 1 is 1.44 bits per heavy atom. The summed E-state index contributed by atoms with van der Waals surface area (Å²) >= 11 is 0. The fraction of sp³-hybridized carbons (Fsp3) is 0.462. The molecular formula is C13H18N2O. The van der Waals surface area contributed by atoms with Gasteiger partial charge >= 0.3 is 0 Å². The van der Waals surface area contributed by atoms with Crippen LogP contribution >= 0.6 is 0 Å². The number of nitrogens with one attached hydrogen (secondary N) is 1. The van der Waals surface area contributed by atoms with Gasteiger partial charge in [-0.1, -0.05) is 6.07 Å². The monoisotopic (exact) mass is 218 g/mol. The maximum atomic E-state index is 12.2. The van der Waals surface area contributed by atoms with Crippen LogP contribution in [0.25, 0.3) is 0 Å². The van der Waals surface area contributed by atoms with Crippen molar-refractivity contribution >= 4 is 11.6 Å². The smallest absolute Gasteiger partial charge is 0.255 e. The van der Waals surface area contributed by atoms with Gasteiger partial charge in [0.05, 0.1) is 5.56 Å². The quantitative estimate of drug-likeness (QED) is 0.844. The molecule has 0 bridgehead atoms. The van der Waals surface area contributed by atoms with Crippen molar-refractivity contribution in [2.75, 3.05) is 19.4 Å². The lowest BCUT2D eigenvalue weighted by molar-refractivity contribution is 0.0786. The van der Waals surface area contributed by atoms with E-state index in [9.17, 15) is 4.79 Å². The highest BCUT2D eigenvalue weighted by atomic mass is 16.2. The van der Waals surface area contributed by atoms with E-state index in [0.717, 1.165) is 29.7 Å². The summed E-state index contributed by atoms with van der Waals surface area (Å²) in [4.78, 5) is 14.1. The van der Waals surface area contributed by atoms with Crippen LogP contribution in [-0.4, -0.2) is 30.9 Å². The van der Waals surface area contributed by atoms with Crippen molar-refractivity contribution < 1.29 is 4.79 Å². The summed E-state index contributed by atoms with van der Waals surface area (Å²) in [6, 6.07) is 6.35. The lowest BCUT2D eigenvalue weighted by atomic mass is 10.1. The molecule has 1 fully saturated rings. The van der Waals surface area contributed by atoms with E-state index in [2.05, 4.69) is 5.32 Å². The normalized spacial score (nSPS) is 14.7. The molecular weight excluding hydrogens is 200 g/mol. The third kappa shape index (κ3) is 2.03. The molecule has 16 heavy (non-hydrogen) atoms. The summed E-state index contributed by atoms with van der Waals surface area (Å²) in [5.74, 6) is 0.117. The number of carbonyl (C=O) groups excluding carboxylic acids is 1. The summed E-state index contributed by atoms with van der Waals surface area (Å²) in [5, 5.41) is 3.08. The summed E-state index contributed by atoms with van der Waals surface area (Å²) < 4.78 is 0. The minimum absolute atomic E-state index is 0.117. The van der Waals surface area contributed by atoms with Crippen LogP contribution in [0.3, 0.4) is 0 Å². The molecule has 1 aliphatic rings. The summed E-state index contributed by atoms with van der Waals surface area (Å²) in [6.45, 7) is 2.03. The molecule has 1 aromatic carbocycles. The van der Waals surface area contributed by atoms with Crippen LogP contribution in [0, 0.1) is 6.92 Å². The molecule has 3 heteroatoms. The van der Waals surface area contributed by atoms with Gasteiger partial charge in [-0.15, -0.1) is 0 Å². The number of anilines is 1. The summed E-state index contributed by atoms with van der Waals surface area (Å²) in [5.41, 5.74) is 2.84. The second kappa shape index (κ2) is 4.16. The first-order valence-corrected chi connectivity index (χ1v) is 5.69. The van der Waals surface area contributed by atoms with Crippen molar-refractivity contribution in [1.29, 1.82) is 0 Å². The Morgan fingerprint density at radius 3 is 2.69 bits per heavy atom. The average molecular weight is 218 g/mol. The highest BCUT2D eigenvalue weighted by Gasteiger charge is 2.30. The zero-order chi connectivity index (χ0) is 11.7. The number of benzene rings is 1. The van der Waals surface area contributed by atoms with Crippen molar-refractivity contribution in [2.24, 2.45) is 0 Å². The molecule has 1 N–H and O–H groups in total. The molecule has 0 aromatic heterocycles. The first-order chi connectivity index (χ1) is 7.63. The molecule has 0 heterocycles. The van der Waals surface area contributed by atoms with Crippen LogP contribution < -0.4 is 5.32 Å². The molecule has 0 saturated heterocycles. The van der Waals surface area contributed by atoms with Gasteiger partial charge in [0.2, 0.25) is 0 Å². The number of carbonyl (C=O) groups is 1. The molecule has 1 saturated carbocycles. The highest BCUT2D eigenvalue weighted by Crippen LogP contribution is 2.28. The number of nitrogens with zero attached hydrogens (tertiary/aromatic N) is 1. The van der Waals surface area contributed by atoms with Crippen molar-refractivity contribution in [3.8, 4) is 0 Å². The number of rotatable bonds is 3. The Kier molecular flexibility index (Phi) is 2.86. The Morgan fingerprint density at radius 2 is 2.12 bits per heavy atom. The molecule has 0 aliphatic heterocycles. The maximum Gasteiger partial charge on any atom is 0.255 e. The molecule has 0 radical (unpaired) electrons. The Bertz CT molecular complexity index is 410. The van der Waals surface area contributed by atoms with E-state index in [1.54, 1.807) is 0 Å². The Hall–Kier alpha value is -1.51. The molecule has 1 amide bonds. The van der Waals surface area contributed by atoms with E-state index in [0.29, 0.717) is 6.04 Å². The Labute approximate surface area is 96.5 Å². The molecule has 0 spiro atoms. The van der Waals surface area contributed by atoms with E-state index in [4.69, 9.17) is 0 Å². The van der Waals surface area contributed by atoms with Crippen LogP contribution in [0.15, 0.2) is 18.2 Å². The van der Waals surface area contributed by atoms with Crippen molar-refractivity contribution in [3.63, 3.8) is 0 Å². The topological polar surface area (TPSA) is 32.3 Å². The molecule has 3 nitrogen and oxygen atoms in total. The first-order valence-electron chi connectivity index (χ1n) is 5.69. The second-order valence-electron chi connectivity index (χ2n) is 4.45. The van der Waals surface area contributed by atoms with E-state index in [1.165, 1.54) is 0 Å². The summed E-state index contributed by atoms with van der Waals surface area (Å²) in [7, 11) is 3.74. The van der Waals surface area contributed by atoms with Gasteiger partial charge in [-0.25, -0.2) is 0 Å². The lowest BCUT2D eigenvalue weighted by Gasteiger charge is -2.18. The molecule has 1 aromatic rings. The van der Waals surface area contributed by atoms with E-state index in [-0.39, 0.29) is 5.91 Å². The van der Waals surface area contributed by atoms with Crippen molar-refractivity contribution in [3.05, 3.63) is 29.3 Å². The molecule has 86 valence electrons. The second-order valence-corrected chi connectivity index (χ2v) is 4.45. The highest BCUT2D eigenvalue weighted by molar-refractivity contribution is 5.99. The minimum atomic E-state index is 0.117. The summed E-state index contributed by atoms with van der Waals surface area (Å²) in [6.07, 6.45) is 2.28. The fourth-order valence-corrected chi connectivity index (χ4v) is 1.87. The maximum absolute atomic E-state index is 12.2. The minimum Gasteiger partial charge on any atom is -0.387 e. The average Bonchev–Trinajstić information content (AvgIpc) is 3.10. The van der Waals surface area contributed by atoms with Crippen molar-refractivity contribution in [1.82, 2.24) is 4.90 Å². The predicted molar refractivity (Wildman–Crippen MR) is 65.8 cm³/mol. The van der Waals surface area contributed by atoms with Gasteiger partial charge in [0.25, 0.3) is 5.91 Å². The van der Waals surface area contributed by atoms with Gasteiger partial charge < -0.3 is 10.2 Å². The zero-order valence-corrected chi connectivity index (χ0v) is 10.1. The van der Waals surface area contributed by atoms with Crippen LogP contribution in [0.1, 0.15) is 28.8 Å². The van der Waals surface area contributed by atoms with Crippen LogP contribution in [0.4, 0.5) is 5.69 Å². The zero-order valence-electron chi connectivity index (χ0n) is 10.1. The predicted octanol–water partition coefficient (Wildman–Crippen LogP) is 2.27. The number of amides is 1. The SMILES string of the molecule is CNc1cc(C)ccc1C(=O)N(C)C1CC1. The van der Waals surface area contributed by atoms with Crippen molar-refractivity contribution in [2.45, 2.75) is 25.8 Å². The lowest BCUT2D eigenvalue weighted by Crippen LogP contribution is -2.29. The van der Waals surface area contributed by atoms with Crippen LogP contribution in [0.2, 0.25) is 0 Å². The molecule has 0 atom stereocenters. The molecule has 0 unspecified atom stereocenters. The Balaban J connectivity index is 2.27. The molecule has 1 aliphatic carbocycles. The fourth-order valence-electron chi connectivity index (χ4n) is 1.87. The first kappa shape index (κ1) is 11.0. The molecule has 2 rings (SSSR count). The van der Waals surface area contributed by atoms with E-state index >= 15 is 0 Å². The standard InChI is InChI=1S/C13H18N2O/c1-9-4-7-11(12(8-9)14-2)13(16)15(3)10-5-6-10/h4,7-8,10,14H,5-6H2,1-3H3. The van der Waals surface area contributed by atoms with Gasteiger partial charge in [0.15, 0.2) is 0 Å². The number of aryl methyl sites for hydroxylation is 1.